The van der Waals surface area contributed by atoms with E-state index < -0.39 is 5.41 Å². The van der Waals surface area contributed by atoms with Crippen molar-refractivity contribution in [1.29, 1.82) is 0 Å². The number of halogens is 1. The number of carbonyl (C=O) groups is 1. The predicted octanol–water partition coefficient (Wildman–Crippen LogP) is 1.86. The first-order valence-corrected chi connectivity index (χ1v) is 8.93. The third-order valence-corrected chi connectivity index (χ3v) is 4.70. The second-order valence-electron chi connectivity index (χ2n) is 6.94. The topological polar surface area (TPSA) is 68.8 Å². The Morgan fingerprint density at radius 1 is 1.44 bits per heavy atom. The van der Waals surface area contributed by atoms with E-state index in [2.05, 4.69) is 31.9 Å². The maximum atomic E-state index is 11.9. The number of carbonyl (C=O) groups excluding carboxylic acids is 1. The van der Waals surface area contributed by atoms with E-state index in [1.807, 2.05) is 32.0 Å². The molecule has 1 aromatic rings. The van der Waals surface area contributed by atoms with E-state index in [0.29, 0.717) is 12.6 Å². The average Bonchev–Trinajstić information content (AvgIpc) is 3.06. The van der Waals surface area contributed by atoms with Crippen molar-refractivity contribution in [1.82, 2.24) is 16.0 Å². The molecule has 1 aromatic carbocycles. The van der Waals surface area contributed by atoms with Crippen LogP contribution in [0.2, 0.25) is 5.02 Å². The lowest BCUT2D eigenvalue weighted by Gasteiger charge is -2.25. The van der Waals surface area contributed by atoms with Crippen molar-refractivity contribution >= 4 is 29.2 Å². The Bertz CT molecular complexity index is 632. The van der Waals surface area contributed by atoms with E-state index in [-0.39, 0.29) is 5.91 Å². The maximum absolute atomic E-state index is 11.9. The molecule has 0 aliphatic carbocycles. The summed E-state index contributed by atoms with van der Waals surface area (Å²) in [6.07, 6.45) is 1.02. The van der Waals surface area contributed by atoms with Crippen molar-refractivity contribution in [2.45, 2.75) is 26.3 Å². The molecule has 138 valence electrons. The number of aliphatic imine (C=N–C) groups is 1. The Morgan fingerprint density at radius 2 is 2.20 bits per heavy atom. The minimum atomic E-state index is -0.505. The van der Waals surface area contributed by atoms with E-state index in [1.54, 1.807) is 14.1 Å². The summed E-state index contributed by atoms with van der Waals surface area (Å²) in [6.45, 7) is 6.18. The molecule has 0 radical (unpaired) electrons. The van der Waals surface area contributed by atoms with Crippen LogP contribution >= 0.6 is 11.6 Å². The molecule has 1 amide bonds. The van der Waals surface area contributed by atoms with Crippen LogP contribution in [-0.4, -0.2) is 51.6 Å². The average molecular weight is 366 g/mol. The van der Waals surface area contributed by atoms with E-state index >= 15 is 0 Å². The van der Waals surface area contributed by atoms with Crippen LogP contribution in [0.15, 0.2) is 29.3 Å². The van der Waals surface area contributed by atoms with Crippen LogP contribution in [0, 0.1) is 5.41 Å². The molecule has 1 aliphatic heterocycles. The van der Waals surface area contributed by atoms with E-state index in [4.69, 9.17) is 11.6 Å². The van der Waals surface area contributed by atoms with Crippen molar-refractivity contribution in [3.05, 3.63) is 29.3 Å². The van der Waals surface area contributed by atoms with Crippen LogP contribution in [0.4, 0.5) is 5.69 Å². The van der Waals surface area contributed by atoms with Gasteiger partial charge in [0.1, 0.15) is 0 Å². The van der Waals surface area contributed by atoms with Gasteiger partial charge in [-0.2, -0.15) is 0 Å². The second-order valence-corrected chi connectivity index (χ2v) is 7.38. The van der Waals surface area contributed by atoms with Crippen LogP contribution < -0.4 is 20.9 Å². The molecule has 0 spiro atoms. The SMILES string of the molecule is CN=C(NCC(C)(C)C(=O)NC)NC1CCN(c2cccc(Cl)c2)C1. The molecule has 1 heterocycles. The quantitative estimate of drug-likeness (QED) is 0.550. The van der Waals surface area contributed by atoms with E-state index in [9.17, 15) is 4.79 Å². The van der Waals surface area contributed by atoms with E-state index in [1.165, 1.54) is 0 Å². The molecule has 0 saturated carbocycles. The molecule has 6 nitrogen and oxygen atoms in total. The summed E-state index contributed by atoms with van der Waals surface area (Å²) in [4.78, 5) is 18.5. The van der Waals surface area contributed by atoms with Gasteiger partial charge in [-0.15, -0.1) is 0 Å². The van der Waals surface area contributed by atoms with Gasteiger partial charge in [-0.25, -0.2) is 0 Å². The molecule has 1 unspecified atom stereocenters. The molecule has 1 aliphatic rings. The number of rotatable bonds is 5. The van der Waals surface area contributed by atoms with Gasteiger partial charge in [-0.1, -0.05) is 17.7 Å². The van der Waals surface area contributed by atoms with Gasteiger partial charge < -0.3 is 20.9 Å². The summed E-state index contributed by atoms with van der Waals surface area (Å²) < 4.78 is 0. The largest absolute Gasteiger partial charge is 0.369 e. The number of nitrogens with zero attached hydrogens (tertiary/aromatic N) is 2. The Kier molecular flexibility index (Phi) is 6.53. The molecule has 3 N–H and O–H groups in total. The first-order valence-electron chi connectivity index (χ1n) is 8.55. The van der Waals surface area contributed by atoms with Crippen LogP contribution in [-0.2, 0) is 4.79 Å². The highest BCUT2D eigenvalue weighted by atomic mass is 35.5. The third kappa shape index (κ3) is 5.26. The normalized spacial score (nSPS) is 18.2. The zero-order valence-corrected chi connectivity index (χ0v) is 16.2. The Labute approximate surface area is 155 Å². The van der Waals surface area contributed by atoms with Crippen molar-refractivity contribution in [2.24, 2.45) is 10.4 Å². The summed E-state index contributed by atoms with van der Waals surface area (Å²) in [5.41, 5.74) is 0.634. The second kappa shape index (κ2) is 8.43. The zero-order chi connectivity index (χ0) is 18.4. The lowest BCUT2D eigenvalue weighted by molar-refractivity contribution is -0.128. The van der Waals surface area contributed by atoms with Gasteiger partial charge in [0.2, 0.25) is 5.91 Å². The third-order valence-electron chi connectivity index (χ3n) is 4.47. The van der Waals surface area contributed by atoms with Gasteiger partial charge in [-0.05, 0) is 38.5 Å². The fourth-order valence-electron chi connectivity index (χ4n) is 2.90. The first-order chi connectivity index (χ1) is 11.9. The van der Waals surface area contributed by atoms with Gasteiger partial charge in [0.05, 0.1) is 5.41 Å². The molecule has 1 saturated heterocycles. The van der Waals surface area contributed by atoms with Gasteiger partial charge in [-0.3, -0.25) is 9.79 Å². The summed E-state index contributed by atoms with van der Waals surface area (Å²) in [5.74, 6) is 0.721. The van der Waals surface area contributed by atoms with Gasteiger partial charge in [0.15, 0.2) is 5.96 Å². The summed E-state index contributed by atoms with van der Waals surface area (Å²) in [7, 11) is 3.39. The minimum Gasteiger partial charge on any atom is -0.369 e. The minimum absolute atomic E-state index is 0.00320. The van der Waals surface area contributed by atoms with E-state index in [0.717, 1.165) is 36.2 Å². The summed E-state index contributed by atoms with van der Waals surface area (Å²) >= 11 is 6.08. The van der Waals surface area contributed by atoms with Crippen molar-refractivity contribution < 1.29 is 4.79 Å². The molecule has 1 atom stereocenters. The summed E-state index contributed by atoms with van der Waals surface area (Å²) in [5, 5.41) is 10.1. The fraction of sp³-hybridized carbons (Fsp3) is 0.556. The Balaban J connectivity index is 1.87. The van der Waals surface area contributed by atoms with Gasteiger partial charge in [0.25, 0.3) is 0 Å². The molecule has 1 fully saturated rings. The zero-order valence-electron chi connectivity index (χ0n) is 15.4. The molecular formula is C18H28ClN5O. The van der Waals surface area contributed by atoms with Gasteiger partial charge in [0, 0.05) is 50.5 Å². The molecule has 0 bridgehead atoms. The highest BCUT2D eigenvalue weighted by Gasteiger charge is 2.28. The number of amides is 1. The van der Waals surface area contributed by atoms with Crippen molar-refractivity contribution in [3.8, 4) is 0 Å². The lowest BCUT2D eigenvalue weighted by atomic mass is 9.92. The monoisotopic (exact) mass is 365 g/mol. The number of hydrogen-bond acceptors (Lipinski definition) is 3. The van der Waals surface area contributed by atoms with Crippen LogP contribution in [0.1, 0.15) is 20.3 Å². The number of hydrogen-bond donors (Lipinski definition) is 3. The lowest BCUT2D eigenvalue weighted by Crippen LogP contribution is -2.50. The molecule has 0 aromatic heterocycles. The van der Waals surface area contributed by atoms with Crippen molar-refractivity contribution in [3.63, 3.8) is 0 Å². The first kappa shape index (κ1) is 19.4. The molecule has 2 rings (SSSR count). The van der Waals surface area contributed by atoms with Crippen molar-refractivity contribution in [2.75, 3.05) is 38.6 Å². The predicted molar refractivity (Wildman–Crippen MR) is 104 cm³/mol. The Hall–Kier alpha value is -1.95. The Morgan fingerprint density at radius 3 is 2.84 bits per heavy atom. The standard InChI is InChI=1S/C18H28ClN5O/c1-18(2,16(25)20-3)12-22-17(21-4)23-14-8-9-24(11-14)15-7-5-6-13(19)10-15/h5-7,10,14H,8-9,11-12H2,1-4H3,(H,20,25)(H2,21,22,23). The molecular weight excluding hydrogens is 338 g/mol. The van der Waals surface area contributed by atoms with Crippen LogP contribution in [0.3, 0.4) is 0 Å². The van der Waals surface area contributed by atoms with Gasteiger partial charge >= 0.3 is 0 Å². The fourth-order valence-corrected chi connectivity index (χ4v) is 3.08. The summed E-state index contributed by atoms with van der Waals surface area (Å²) in [6, 6.07) is 8.22. The number of guanidine groups is 1. The van der Waals surface area contributed by atoms with Crippen LogP contribution in [0.25, 0.3) is 0 Å². The number of anilines is 1. The molecule has 25 heavy (non-hydrogen) atoms. The molecule has 7 heteroatoms. The van der Waals surface area contributed by atoms with Crippen LogP contribution in [0.5, 0.6) is 0 Å². The maximum Gasteiger partial charge on any atom is 0.227 e. The number of benzene rings is 1. The highest BCUT2D eigenvalue weighted by molar-refractivity contribution is 6.30. The number of nitrogens with one attached hydrogen (secondary N) is 3. The highest BCUT2D eigenvalue weighted by Crippen LogP contribution is 2.23. The smallest absolute Gasteiger partial charge is 0.227 e.